The molecule has 1 N–H and O–H groups in total. The summed E-state index contributed by atoms with van der Waals surface area (Å²) in [6, 6.07) is 7.70. The van der Waals surface area contributed by atoms with Crippen LogP contribution in [0.25, 0.3) is 0 Å². The van der Waals surface area contributed by atoms with Crippen LogP contribution in [0.3, 0.4) is 0 Å². The minimum Gasteiger partial charge on any atom is -0.492 e. The van der Waals surface area contributed by atoms with Crippen molar-refractivity contribution < 1.29 is 17.9 Å². The first-order chi connectivity index (χ1) is 9.01. The smallest absolute Gasteiger partial charge is 0.401 e. The topological polar surface area (TPSA) is 21.3 Å². The van der Waals surface area contributed by atoms with Crippen LogP contribution < -0.4 is 10.1 Å². The second-order valence-electron chi connectivity index (χ2n) is 4.39. The normalized spacial score (nSPS) is 11.6. The van der Waals surface area contributed by atoms with E-state index in [0.29, 0.717) is 5.75 Å². The number of rotatable bonds is 8. The summed E-state index contributed by atoms with van der Waals surface area (Å²) < 4.78 is 40.9. The zero-order chi connectivity index (χ0) is 14.1. The lowest BCUT2D eigenvalue weighted by molar-refractivity contribution is -0.124. The molecule has 0 amide bonds. The van der Waals surface area contributed by atoms with Gasteiger partial charge in [-0.3, -0.25) is 0 Å². The molecule has 0 aliphatic heterocycles. The molecule has 0 atom stereocenters. The molecule has 0 aliphatic carbocycles. The zero-order valence-electron chi connectivity index (χ0n) is 11.1. The van der Waals surface area contributed by atoms with Gasteiger partial charge in [0.2, 0.25) is 0 Å². The zero-order valence-corrected chi connectivity index (χ0v) is 11.1. The lowest BCUT2D eigenvalue weighted by atomic mass is 10.1. The van der Waals surface area contributed by atoms with Gasteiger partial charge in [-0.05, 0) is 30.5 Å². The van der Waals surface area contributed by atoms with Gasteiger partial charge in [-0.15, -0.1) is 0 Å². The summed E-state index contributed by atoms with van der Waals surface area (Å²) in [6.07, 6.45) is -0.810. The van der Waals surface area contributed by atoms with Gasteiger partial charge in [0.25, 0.3) is 0 Å². The molecule has 0 aromatic heterocycles. The quantitative estimate of drug-likeness (QED) is 0.732. The summed E-state index contributed by atoms with van der Waals surface area (Å²) in [5.74, 6) is 0.689. The number of hydrogen-bond acceptors (Lipinski definition) is 2. The monoisotopic (exact) mass is 275 g/mol. The minimum absolute atomic E-state index is 0.178. The average molecular weight is 275 g/mol. The summed E-state index contributed by atoms with van der Waals surface area (Å²) in [5.41, 5.74) is 1.25. The molecule has 0 bridgehead atoms. The average Bonchev–Trinajstić information content (AvgIpc) is 2.36. The van der Waals surface area contributed by atoms with Crippen LogP contribution >= 0.6 is 0 Å². The maximum Gasteiger partial charge on any atom is 0.401 e. The van der Waals surface area contributed by atoms with Gasteiger partial charge in [-0.1, -0.05) is 25.5 Å². The van der Waals surface area contributed by atoms with E-state index in [0.717, 1.165) is 19.3 Å². The second kappa shape index (κ2) is 8.04. The molecule has 0 saturated carbocycles. The van der Waals surface area contributed by atoms with Crippen molar-refractivity contribution in [3.8, 4) is 5.75 Å². The predicted octanol–water partition coefficient (Wildman–Crippen LogP) is 3.56. The van der Waals surface area contributed by atoms with Crippen molar-refractivity contribution in [2.45, 2.75) is 32.4 Å². The van der Waals surface area contributed by atoms with Gasteiger partial charge in [0.05, 0.1) is 6.54 Å². The second-order valence-corrected chi connectivity index (χ2v) is 4.39. The van der Waals surface area contributed by atoms with Crippen molar-refractivity contribution in [2.24, 2.45) is 0 Å². The van der Waals surface area contributed by atoms with E-state index in [1.54, 1.807) is 0 Å². The Hall–Kier alpha value is -1.23. The van der Waals surface area contributed by atoms with E-state index in [1.807, 2.05) is 24.3 Å². The van der Waals surface area contributed by atoms with Crippen molar-refractivity contribution in [3.05, 3.63) is 29.8 Å². The van der Waals surface area contributed by atoms with Crippen molar-refractivity contribution in [2.75, 3.05) is 19.7 Å². The van der Waals surface area contributed by atoms with Crippen LogP contribution in [0.1, 0.15) is 25.3 Å². The molecule has 0 aliphatic rings. The molecule has 0 fully saturated rings. The van der Waals surface area contributed by atoms with Crippen LogP contribution in [0, 0.1) is 0 Å². The third kappa shape index (κ3) is 7.72. The summed E-state index contributed by atoms with van der Waals surface area (Å²) in [5, 5.41) is 2.28. The van der Waals surface area contributed by atoms with Crippen LogP contribution in [0.2, 0.25) is 0 Å². The molecule has 19 heavy (non-hydrogen) atoms. The molecule has 0 spiro atoms. The molecular weight excluding hydrogens is 255 g/mol. The molecule has 1 rings (SSSR count). The highest BCUT2D eigenvalue weighted by atomic mass is 19.4. The molecule has 1 aromatic carbocycles. The van der Waals surface area contributed by atoms with Crippen molar-refractivity contribution in [1.82, 2.24) is 5.32 Å². The van der Waals surface area contributed by atoms with Crippen molar-refractivity contribution >= 4 is 0 Å². The predicted molar refractivity (Wildman–Crippen MR) is 69.5 cm³/mol. The molecular formula is C14H20F3NO. The number of unbranched alkanes of at least 4 members (excludes halogenated alkanes) is 1. The van der Waals surface area contributed by atoms with E-state index in [9.17, 15) is 13.2 Å². The van der Waals surface area contributed by atoms with Crippen LogP contribution in [0.15, 0.2) is 24.3 Å². The van der Waals surface area contributed by atoms with E-state index >= 15 is 0 Å². The number of benzene rings is 1. The Labute approximate surface area is 112 Å². The Morgan fingerprint density at radius 3 is 2.42 bits per heavy atom. The van der Waals surface area contributed by atoms with Gasteiger partial charge >= 0.3 is 6.18 Å². The Morgan fingerprint density at radius 1 is 1.16 bits per heavy atom. The molecule has 0 heterocycles. The third-order valence-electron chi connectivity index (χ3n) is 2.62. The van der Waals surface area contributed by atoms with Gasteiger partial charge in [-0.25, -0.2) is 0 Å². The molecule has 108 valence electrons. The molecule has 0 saturated heterocycles. The Kier molecular flexibility index (Phi) is 6.70. The standard InChI is InChI=1S/C14H20F3NO/c1-2-3-4-12-5-7-13(8-6-12)19-10-9-18-11-14(15,16)17/h5-8,18H,2-4,9-11H2,1H3. The van der Waals surface area contributed by atoms with Gasteiger partial charge in [-0.2, -0.15) is 13.2 Å². The van der Waals surface area contributed by atoms with Gasteiger partial charge < -0.3 is 10.1 Å². The van der Waals surface area contributed by atoms with Crippen LogP contribution in [0.4, 0.5) is 13.2 Å². The summed E-state index contributed by atoms with van der Waals surface area (Å²) in [6.45, 7) is 1.57. The van der Waals surface area contributed by atoms with Crippen LogP contribution in [-0.4, -0.2) is 25.9 Å². The van der Waals surface area contributed by atoms with Gasteiger partial charge in [0.1, 0.15) is 12.4 Å². The third-order valence-corrected chi connectivity index (χ3v) is 2.62. The largest absolute Gasteiger partial charge is 0.492 e. The first-order valence-electron chi connectivity index (χ1n) is 6.50. The number of ether oxygens (including phenoxy) is 1. The van der Waals surface area contributed by atoms with E-state index in [4.69, 9.17) is 4.74 Å². The SMILES string of the molecule is CCCCc1ccc(OCCNCC(F)(F)F)cc1. The number of aryl methyl sites for hydroxylation is 1. The van der Waals surface area contributed by atoms with E-state index in [1.165, 1.54) is 5.56 Å². The number of alkyl halides is 3. The maximum atomic E-state index is 11.8. The lowest BCUT2D eigenvalue weighted by Gasteiger charge is -2.10. The van der Waals surface area contributed by atoms with E-state index < -0.39 is 12.7 Å². The fourth-order valence-electron chi connectivity index (χ4n) is 1.60. The maximum absolute atomic E-state index is 11.8. The first-order valence-corrected chi connectivity index (χ1v) is 6.50. The molecule has 1 aromatic rings. The number of nitrogens with one attached hydrogen (secondary N) is 1. The Balaban J connectivity index is 2.19. The fourth-order valence-corrected chi connectivity index (χ4v) is 1.60. The van der Waals surface area contributed by atoms with E-state index in [-0.39, 0.29) is 13.2 Å². The summed E-state index contributed by atoms with van der Waals surface area (Å²) in [7, 11) is 0. The lowest BCUT2D eigenvalue weighted by Crippen LogP contribution is -2.31. The minimum atomic E-state index is -4.17. The number of hydrogen-bond donors (Lipinski definition) is 1. The summed E-state index contributed by atoms with van der Waals surface area (Å²) >= 11 is 0. The molecule has 2 nitrogen and oxygen atoms in total. The molecule has 0 unspecified atom stereocenters. The Morgan fingerprint density at radius 2 is 1.84 bits per heavy atom. The highest BCUT2D eigenvalue weighted by Crippen LogP contribution is 2.14. The van der Waals surface area contributed by atoms with Crippen molar-refractivity contribution in [1.29, 1.82) is 0 Å². The van der Waals surface area contributed by atoms with Gasteiger partial charge in [0, 0.05) is 6.54 Å². The van der Waals surface area contributed by atoms with Gasteiger partial charge in [0.15, 0.2) is 0 Å². The van der Waals surface area contributed by atoms with E-state index in [2.05, 4.69) is 12.2 Å². The highest BCUT2D eigenvalue weighted by molar-refractivity contribution is 5.27. The Bertz CT molecular complexity index is 349. The highest BCUT2D eigenvalue weighted by Gasteiger charge is 2.25. The summed E-state index contributed by atoms with van der Waals surface area (Å²) in [4.78, 5) is 0. The van der Waals surface area contributed by atoms with Crippen molar-refractivity contribution in [3.63, 3.8) is 0 Å². The first kappa shape index (κ1) is 15.8. The van der Waals surface area contributed by atoms with Crippen LogP contribution in [0.5, 0.6) is 5.75 Å². The fraction of sp³-hybridized carbons (Fsp3) is 0.571. The van der Waals surface area contributed by atoms with Crippen LogP contribution in [-0.2, 0) is 6.42 Å². The number of halogens is 3. The molecule has 5 heteroatoms. The molecule has 0 radical (unpaired) electrons.